The van der Waals surface area contributed by atoms with Gasteiger partial charge in [-0.05, 0) is 24.5 Å². The monoisotopic (exact) mass is 313 g/mol. The molecule has 98 valence electrons. The van der Waals surface area contributed by atoms with Crippen LogP contribution in [0.4, 0.5) is 11.4 Å². The van der Waals surface area contributed by atoms with Gasteiger partial charge in [-0.3, -0.25) is 10.1 Å². The molecule has 0 radical (unpaired) electrons. The number of halogens is 1. The molecule has 5 nitrogen and oxygen atoms in total. The lowest BCUT2D eigenvalue weighted by atomic mass is 9.94. The molecule has 1 aromatic rings. The smallest absolute Gasteiger partial charge is 0.293 e. The molecule has 0 spiro atoms. The average molecular weight is 314 g/mol. The topological polar surface area (TPSA) is 72.4 Å². The molecule has 2 unspecified atom stereocenters. The maximum Gasteiger partial charge on any atom is 0.293 e. The summed E-state index contributed by atoms with van der Waals surface area (Å²) in [6, 6.07) is 5.22. The summed E-state index contributed by atoms with van der Waals surface area (Å²) in [5, 5.41) is 11.1. The minimum absolute atomic E-state index is 0.0713. The molecule has 1 aliphatic heterocycles. The molecule has 2 atom stereocenters. The molecule has 0 aromatic heterocycles. The molecule has 2 N–H and O–H groups in total. The highest BCUT2D eigenvalue weighted by molar-refractivity contribution is 9.10. The molecule has 18 heavy (non-hydrogen) atoms. The number of hydrogen-bond acceptors (Lipinski definition) is 4. The number of rotatable bonds is 2. The highest BCUT2D eigenvalue weighted by Gasteiger charge is 2.27. The third kappa shape index (κ3) is 2.64. The van der Waals surface area contributed by atoms with Crippen molar-refractivity contribution in [1.29, 1.82) is 0 Å². The number of nitrogens with two attached hydrogens (primary N) is 1. The largest absolute Gasteiger partial charge is 0.364 e. The lowest BCUT2D eigenvalue weighted by Crippen LogP contribution is -2.47. The first kappa shape index (κ1) is 13.3. The number of nitro groups is 1. The number of anilines is 1. The maximum atomic E-state index is 11.1. The average Bonchev–Trinajstić information content (AvgIpc) is 2.32. The molecular weight excluding hydrogens is 298 g/mol. The molecule has 6 heteroatoms. The fourth-order valence-electron chi connectivity index (χ4n) is 2.23. The SMILES string of the molecule is CC1CCN(c2ccc(Br)cc2[N+](=O)[O-])CC1N. The molecule has 1 heterocycles. The van der Waals surface area contributed by atoms with Crippen LogP contribution in [0.2, 0.25) is 0 Å². The minimum Gasteiger partial charge on any atom is -0.364 e. The van der Waals surface area contributed by atoms with Crippen LogP contribution in [0.3, 0.4) is 0 Å². The predicted molar refractivity (Wildman–Crippen MR) is 74.8 cm³/mol. The standard InChI is InChI=1S/C12H16BrN3O2/c1-8-4-5-15(7-10(8)14)11-3-2-9(13)6-12(11)16(17)18/h2-3,6,8,10H,4-5,7,14H2,1H3. The van der Waals surface area contributed by atoms with E-state index in [2.05, 4.69) is 22.9 Å². The van der Waals surface area contributed by atoms with Gasteiger partial charge >= 0.3 is 0 Å². The van der Waals surface area contributed by atoms with Crippen molar-refractivity contribution < 1.29 is 4.92 Å². The molecule has 0 aliphatic carbocycles. The summed E-state index contributed by atoms with van der Waals surface area (Å²) in [4.78, 5) is 12.8. The summed E-state index contributed by atoms with van der Waals surface area (Å²) in [7, 11) is 0. The minimum atomic E-state index is -0.344. The van der Waals surface area contributed by atoms with Gasteiger partial charge in [0.25, 0.3) is 5.69 Å². The van der Waals surface area contributed by atoms with E-state index in [-0.39, 0.29) is 16.7 Å². The molecule has 1 fully saturated rings. The highest BCUT2D eigenvalue weighted by Crippen LogP contribution is 2.33. The molecule has 1 saturated heterocycles. The Labute approximate surface area is 114 Å². The van der Waals surface area contributed by atoms with Gasteiger partial charge in [0, 0.05) is 29.7 Å². The van der Waals surface area contributed by atoms with Gasteiger partial charge in [-0.15, -0.1) is 0 Å². The Morgan fingerprint density at radius 3 is 2.89 bits per heavy atom. The van der Waals surface area contributed by atoms with E-state index in [1.165, 1.54) is 0 Å². The molecule has 1 aliphatic rings. The Morgan fingerprint density at radius 2 is 2.28 bits per heavy atom. The second kappa shape index (κ2) is 5.24. The molecule has 0 saturated carbocycles. The van der Waals surface area contributed by atoms with Gasteiger partial charge in [0.1, 0.15) is 5.69 Å². The van der Waals surface area contributed by atoms with Crippen LogP contribution in [0.25, 0.3) is 0 Å². The third-order valence-electron chi connectivity index (χ3n) is 3.49. The third-order valence-corrected chi connectivity index (χ3v) is 3.98. The molecule has 1 aromatic carbocycles. The normalized spacial score (nSPS) is 24.1. The van der Waals surface area contributed by atoms with Crippen molar-refractivity contribution in [3.8, 4) is 0 Å². The van der Waals surface area contributed by atoms with E-state index in [0.717, 1.165) is 13.0 Å². The molecule has 0 amide bonds. The number of benzene rings is 1. The fraction of sp³-hybridized carbons (Fsp3) is 0.500. The van der Waals surface area contributed by atoms with Crippen LogP contribution in [0, 0.1) is 16.0 Å². The Bertz CT molecular complexity index is 467. The van der Waals surface area contributed by atoms with E-state index in [1.54, 1.807) is 12.1 Å². The Morgan fingerprint density at radius 1 is 1.56 bits per heavy atom. The predicted octanol–water partition coefficient (Wildman–Crippen LogP) is 2.53. The highest BCUT2D eigenvalue weighted by atomic mass is 79.9. The van der Waals surface area contributed by atoms with E-state index >= 15 is 0 Å². The van der Waals surface area contributed by atoms with E-state index in [1.807, 2.05) is 11.0 Å². The van der Waals surface area contributed by atoms with Gasteiger partial charge in [0.15, 0.2) is 0 Å². The zero-order chi connectivity index (χ0) is 13.3. The van der Waals surface area contributed by atoms with Crippen LogP contribution < -0.4 is 10.6 Å². The second-order valence-corrected chi connectivity index (χ2v) is 5.68. The lowest BCUT2D eigenvalue weighted by molar-refractivity contribution is -0.384. The van der Waals surface area contributed by atoms with Gasteiger partial charge in [-0.1, -0.05) is 22.9 Å². The van der Waals surface area contributed by atoms with Gasteiger partial charge in [0.05, 0.1) is 4.92 Å². The number of piperidine rings is 1. The summed E-state index contributed by atoms with van der Waals surface area (Å²) in [5.41, 5.74) is 6.83. The lowest BCUT2D eigenvalue weighted by Gasteiger charge is -2.36. The van der Waals surface area contributed by atoms with Crippen molar-refractivity contribution in [2.24, 2.45) is 11.7 Å². The van der Waals surface area contributed by atoms with Crippen molar-refractivity contribution in [2.75, 3.05) is 18.0 Å². The van der Waals surface area contributed by atoms with E-state index in [4.69, 9.17) is 5.73 Å². The second-order valence-electron chi connectivity index (χ2n) is 4.77. The van der Waals surface area contributed by atoms with E-state index in [0.29, 0.717) is 22.6 Å². The van der Waals surface area contributed by atoms with Gasteiger partial charge < -0.3 is 10.6 Å². The van der Waals surface area contributed by atoms with Crippen LogP contribution in [-0.4, -0.2) is 24.1 Å². The first-order valence-electron chi connectivity index (χ1n) is 5.93. The summed E-state index contributed by atoms with van der Waals surface area (Å²) in [5.74, 6) is 0.468. The maximum absolute atomic E-state index is 11.1. The first-order chi connectivity index (χ1) is 8.49. The van der Waals surface area contributed by atoms with Crippen LogP contribution >= 0.6 is 15.9 Å². The van der Waals surface area contributed by atoms with Gasteiger partial charge in [-0.2, -0.15) is 0 Å². The van der Waals surface area contributed by atoms with E-state index in [9.17, 15) is 10.1 Å². The Hall–Kier alpha value is -1.14. The Balaban J connectivity index is 2.30. The van der Waals surface area contributed by atoms with Crippen molar-refractivity contribution in [1.82, 2.24) is 0 Å². The zero-order valence-electron chi connectivity index (χ0n) is 10.2. The number of hydrogen-bond donors (Lipinski definition) is 1. The van der Waals surface area contributed by atoms with Crippen molar-refractivity contribution in [2.45, 2.75) is 19.4 Å². The van der Waals surface area contributed by atoms with Crippen LogP contribution in [0.15, 0.2) is 22.7 Å². The molecule has 2 rings (SSSR count). The van der Waals surface area contributed by atoms with Crippen LogP contribution in [-0.2, 0) is 0 Å². The van der Waals surface area contributed by atoms with Gasteiger partial charge in [0.2, 0.25) is 0 Å². The summed E-state index contributed by atoms with van der Waals surface area (Å²) >= 11 is 3.26. The van der Waals surface area contributed by atoms with Crippen molar-refractivity contribution in [3.05, 3.63) is 32.8 Å². The first-order valence-corrected chi connectivity index (χ1v) is 6.73. The number of nitrogens with zero attached hydrogens (tertiary/aromatic N) is 2. The van der Waals surface area contributed by atoms with Crippen molar-refractivity contribution in [3.63, 3.8) is 0 Å². The van der Waals surface area contributed by atoms with Crippen LogP contribution in [0.1, 0.15) is 13.3 Å². The number of nitro benzene ring substituents is 1. The summed E-state index contributed by atoms with van der Waals surface area (Å²) < 4.78 is 0.715. The summed E-state index contributed by atoms with van der Waals surface area (Å²) in [6.45, 7) is 3.61. The fourth-order valence-corrected chi connectivity index (χ4v) is 2.58. The Kier molecular flexibility index (Phi) is 3.87. The molecule has 0 bridgehead atoms. The zero-order valence-corrected chi connectivity index (χ0v) is 11.8. The molecular formula is C12H16BrN3O2. The van der Waals surface area contributed by atoms with Crippen LogP contribution in [0.5, 0.6) is 0 Å². The van der Waals surface area contributed by atoms with Gasteiger partial charge in [-0.25, -0.2) is 0 Å². The van der Waals surface area contributed by atoms with E-state index < -0.39 is 0 Å². The summed E-state index contributed by atoms with van der Waals surface area (Å²) in [6.07, 6.45) is 0.967. The quantitative estimate of drug-likeness (QED) is 0.672. The van der Waals surface area contributed by atoms with Crippen molar-refractivity contribution >= 4 is 27.3 Å².